The van der Waals surface area contributed by atoms with Crippen molar-refractivity contribution in [2.75, 3.05) is 13.7 Å². The minimum Gasteiger partial charge on any atom is -0.497 e. The van der Waals surface area contributed by atoms with Gasteiger partial charge in [-0.25, -0.2) is 0 Å². The predicted molar refractivity (Wildman–Crippen MR) is 110 cm³/mol. The van der Waals surface area contributed by atoms with Gasteiger partial charge in [-0.3, -0.25) is 19.3 Å². The average molecular weight is 412 g/mol. The van der Waals surface area contributed by atoms with E-state index >= 15 is 0 Å². The van der Waals surface area contributed by atoms with E-state index in [4.69, 9.17) is 9.47 Å². The van der Waals surface area contributed by atoms with Gasteiger partial charge in [0.2, 0.25) is 17.7 Å². The summed E-state index contributed by atoms with van der Waals surface area (Å²) in [4.78, 5) is 39.1. The van der Waals surface area contributed by atoms with Crippen LogP contribution in [0.3, 0.4) is 0 Å². The number of benzene rings is 1. The zero-order valence-corrected chi connectivity index (χ0v) is 17.6. The molecule has 0 radical (unpaired) electrons. The van der Waals surface area contributed by atoms with Gasteiger partial charge in [0, 0.05) is 31.0 Å². The minimum atomic E-state index is -0.444. The standard InChI is InChI=1S/C23H28N2O5/c1-23(2)13-18(17-9-8-14(29-3)12-19(17)30-23)24-20(26)10-11-25-21(27)15-6-4-5-7-16(15)22(25)28/h4-5,8-9,12,15-16,18H,6-7,10-11,13H2,1-3H3,(H,24,26)/t15-,16+,18-/m1/s1. The van der Waals surface area contributed by atoms with Crippen molar-refractivity contribution in [3.05, 3.63) is 35.9 Å². The van der Waals surface area contributed by atoms with Crippen LogP contribution in [0.5, 0.6) is 11.5 Å². The lowest BCUT2D eigenvalue weighted by Crippen LogP contribution is -2.42. The van der Waals surface area contributed by atoms with Crippen LogP contribution in [0.25, 0.3) is 0 Å². The van der Waals surface area contributed by atoms with Crippen LogP contribution in [0, 0.1) is 11.8 Å². The molecule has 1 saturated heterocycles. The molecule has 0 bridgehead atoms. The van der Waals surface area contributed by atoms with E-state index in [9.17, 15) is 14.4 Å². The van der Waals surface area contributed by atoms with Gasteiger partial charge in [-0.15, -0.1) is 0 Å². The van der Waals surface area contributed by atoms with Crippen LogP contribution in [0.1, 0.15) is 51.1 Å². The molecule has 3 aliphatic rings. The van der Waals surface area contributed by atoms with Crippen LogP contribution in [0.4, 0.5) is 0 Å². The topological polar surface area (TPSA) is 84.9 Å². The number of methoxy groups -OCH3 is 1. The van der Waals surface area contributed by atoms with E-state index in [0.29, 0.717) is 30.8 Å². The fourth-order valence-corrected chi connectivity index (χ4v) is 4.66. The summed E-state index contributed by atoms with van der Waals surface area (Å²) in [6.07, 6.45) is 5.84. The molecular weight excluding hydrogens is 384 g/mol. The number of likely N-dealkylation sites (tertiary alicyclic amines) is 1. The second-order valence-corrected chi connectivity index (χ2v) is 8.82. The van der Waals surface area contributed by atoms with Crippen molar-refractivity contribution in [2.24, 2.45) is 11.8 Å². The lowest BCUT2D eigenvalue weighted by molar-refractivity contribution is -0.140. The van der Waals surface area contributed by atoms with Gasteiger partial charge in [0.1, 0.15) is 17.1 Å². The van der Waals surface area contributed by atoms with Gasteiger partial charge < -0.3 is 14.8 Å². The Hall–Kier alpha value is -2.83. The average Bonchev–Trinajstić information content (AvgIpc) is 2.95. The molecule has 0 saturated carbocycles. The number of rotatable bonds is 5. The van der Waals surface area contributed by atoms with Gasteiger partial charge in [-0.2, -0.15) is 0 Å². The molecular formula is C23H28N2O5. The van der Waals surface area contributed by atoms with E-state index in [1.807, 2.05) is 44.2 Å². The summed E-state index contributed by atoms with van der Waals surface area (Å²) in [5.41, 5.74) is 0.454. The van der Waals surface area contributed by atoms with Crippen molar-refractivity contribution < 1.29 is 23.9 Å². The molecule has 30 heavy (non-hydrogen) atoms. The van der Waals surface area contributed by atoms with Crippen molar-refractivity contribution >= 4 is 17.7 Å². The molecule has 0 spiro atoms. The SMILES string of the molecule is COc1ccc2c(c1)OC(C)(C)C[C@H]2NC(=O)CCN1C(=O)[C@H]2CC=CC[C@H]2C1=O. The van der Waals surface area contributed by atoms with E-state index in [1.54, 1.807) is 7.11 Å². The zero-order valence-electron chi connectivity index (χ0n) is 17.6. The zero-order chi connectivity index (χ0) is 21.5. The summed E-state index contributed by atoms with van der Waals surface area (Å²) in [5.74, 6) is 0.384. The summed E-state index contributed by atoms with van der Waals surface area (Å²) in [5, 5.41) is 3.06. The highest BCUT2D eigenvalue weighted by molar-refractivity contribution is 6.05. The van der Waals surface area contributed by atoms with Crippen molar-refractivity contribution in [1.29, 1.82) is 0 Å². The Morgan fingerprint density at radius 1 is 1.20 bits per heavy atom. The molecule has 3 atom stereocenters. The number of nitrogens with zero attached hydrogens (tertiary/aromatic N) is 1. The fourth-order valence-electron chi connectivity index (χ4n) is 4.66. The van der Waals surface area contributed by atoms with Crippen molar-refractivity contribution in [2.45, 2.75) is 51.2 Å². The second-order valence-electron chi connectivity index (χ2n) is 8.82. The van der Waals surface area contributed by atoms with Gasteiger partial charge in [0.25, 0.3) is 0 Å². The minimum absolute atomic E-state index is 0.0909. The molecule has 2 aliphatic heterocycles. The number of amides is 3. The van der Waals surface area contributed by atoms with E-state index in [2.05, 4.69) is 5.32 Å². The van der Waals surface area contributed by atoms with Crippen molar-refractivity contribution in [3.8, 4) is 11.5 Å². The highest BCUT2D eigenvalue weighted by Crippen LogP contribution is 2.41. The van der Waals surface area contributed by atoms with Crippen LogP contribution in [0.2, 0.25) is 0 Å². The Balaban J connectivity index is 1.41. The van der Waals surface area contributed by atoms with E-state index in [1.165, 1.54) is 4.90 Å². The summed E-state index contributed by atoms with van der Waals surface area (Å²) in [6, 6.07) is 5.36. The third kappa shape index (κ3) is 3.80. The number of carbonyl (C=O) groups is 3. The molecule has 3 amide bonds. The quantitative estimate of drug-likeness (QED) is 0.594. The number of fused-ring (bicyclic) bond motifs is 2. The van der Waals surface area contributed by atoms with Crippen LogP contribution in [-0.4, -0.2) is 41.9 Å². The third-order valence-electron chi connectivity index (χ3n) is 6.17. The predicted octanol–water partition coefficient (Wildman–Crippen LogP) is 2.75. The summed E-state index contributed by atoms with van der Waals surface area (Å²) in [7, 11) is 1.60. The first-order valence-electron chi connectivity index (χ1n) is 10.5. The third-order valence-corrected chi connectivity index (χ3v) is 6.17. The smallest absolute Gasteiger partial charge is 0.233 e. The van der Waals surface area contributed by atoms with Gasteiger partial charge in [-0.1, -0.05) is 12.2 Å². The van der Waals surface area contributed by atoms with Gasteiger partial charge in [-0.05, 0) is 38.8 Å². The van der Waals surface area contributed by atoms with E-state index in [0.717, 1.165) is 5.56 Å². The summed E-state index contributed by atoms with van der Waals surface area (Å²) >= 11 is 0. The normalized spacial score (nSPS) is 26.6. The van der Waals surface area contributed by atoms with Crippen LogP contribution < -0.4 is 14.8 Å². The van der Waals surface area contributed by atoms with E-state index in [-0.39, 0.29) is 48.6 Å². The van der Waals surface area contributed by atoms with Crippen LogP contribution in [0.15, 0.2) is 30.4 Å². The Bertz CT molecular complexity index is 881. The fraction of sp³-hybridized carbons (Fsp3) is 0.522. The first kappa shape index (κ1) is 20.4. The molecule has 1 aromatic carbocycles. The number of carbonyl (C=O) groups excluding carboxylic acids is 3. The molecule has 0 aromatic heterocycles. The number of allylic oxidation sites excluding steroid dienone is 2. The van der Waals surface area contributed by atoms with Gasteiger partial charge in [0.05, 0.1) is 25.0 Å². The molecule has 1 fully saturated rings. The first-order valence-corrected chi connectivity index (χ1v) is 10.5. The second kappa shape index (κ2) is 7.78. The molecule has 4 rings (SSSR count). The largest absolute Gasteiger partial charge is 0.497 e. The van der Waals surface area contributed by atoms with Gasteiger partial charge in [0.15, 0.2) is 0 Å². The number of hydrogen-bond donors (Lipinski definition) is 1. The number of ether oxygens (including phenoxy) is 2. The number of nitrogens with one attached hydrogen (secondary N) is 1. The maximum atomic E-state index is 12.7. The van der Waals surface area contributed by atoms with Gasteiger partial charge >= 0.3 is 0 Å². The summed E-state index contributed by atoms with van der Waals surface area (Å²) in [6.45, 7) is 4.08. The van der Waals surface area contributed by atoms with Crippen molar-refractivity contribution in [1.82, 2.24) is 10.2 Å². The Morgan fingerprint density at radius 3 is 2.50 bits per heavy atom. The maximum absolute atomic E-state index is 12.7. The van der Waals surface area contributed by atoms with E-state index < -0.39 is 5.60 Å². The molecule has 2 heterocycles. The molecule has 1 aliphatic carbocycles. The number of imide groups is 1. The van der Waals surface area contributed by atoms with Crippen LogP contribution in [-0.2, 0) is 14.4 Å². The summed E-state index contributed by atoms with van der Waals surface area (Å²) < 4.78 is 11.3. The van der Waals surface area contributed by atoms with Crippen molar-refractivity contribution in [3.63, 3.8) is 0 Å². The highest BCUT2D eigenvalue weighted by atomic mass is 16.5. The maximum Gasteiger partial charge on any atom is 0.233 e. The Kier molecular flexibility index (Phi) is 5.30. The highest BCUT2D eigenvalue weighted by Gasteiger charge is 2.47. The number of hydrogen-bond acceptors (Lipinski definition) is 5. The molecule has 7 nitrogen and oxygen atoms in total. The molecule has 0 unspecified atom stereocenters. The molecule has 1 aromatic rings. The molecule has 7 heteroatoms. The molecule has 1 N–H and O–H groups in total. The monoisotopic (exact) mass is 412 g/mol. The lowest BCUT2D eigenvalue weighted by atomic mass is 9.85. The lowest BCUT2D eigenvalue weighted by Gasteiger charge is -2.38. The Labute approximate surface area is 176 Å². The molecule has 160 valence electrons. The van der Waals surface area contributed by atoms with Crippen LogP contribution >= 0.6 is 0 Å². The Morgan fingerprint density at radius 2 is 1.87 bits per heavy atom. The first-order chi connectivity index (χ1) is 14.3.